The van der Waals surface area contributed by atoms with Gasteiger partial charge in [-0.05, 0) is 56.0 Å². The van der Waals surface area contributed by atoms with Gasteiger partial charge in [0.2, 0.25) is 21.8 Å². The molecule has 0 radical (unpaired) electrons. The molecule has 7 nitrogen and oxygen atoms in total. The summed E-state index contributed by atoms with van der Waals surface area (Å²) in [5, 5.41) is 3.27. The lowest BCUT2D eigenvalue weighted by Crippen LogP contribution is -2.51. The largest absolute Gasteiger partial charge is 0.354 e. The highest BCUT2D eigenvalue weighted by Gasteiger charge is 2.30. The zero-order valence-electron chi connectivity index (χ0n) is 19.8. The Bertz CT molecular complexity index is 1100. The number of nitrogens with zero attached hydrogens (tertiary/aromatic N) is 2. The maximum atomic E-state index is 13.5. The van der Waals surface area contributed by atoms with Crippen LogP contribution in [0.3, 0.4) is 0 Å². The summed E-state index contributed by atoms with van der Waals surface area (Å²) in [5.74, 6) is -0.810. The number of nitrogens with one attached hydrogen (secondary N) is 1. The van der Waals surface area contributed by atoms with Gasteiger partial charge in [-0.15, -0.1) is 0 Å². The van der Waals surface area contributed by atoms with Gasteiger partial charge in [0.1, 0.15) is 12.6 Å². The molecule has 0 fully saturated rings. The van der Waals surface area contributed by atoms with Gasteiger partial charge in [0.25, 0.3) is 0 Å². The normalized spacial score (nSPS) is 12.2. The van der Waals surface area contributed by atoms with Gasteiger partial charge in [-0.2, -0.15) is 0 Å². The van der Waals surface area contributed by atoms with Crippen LogP contribution >= 0.6 is 11.6 Å². The summed E-state index contributed by atoms with van der Waals surface area (Å²) in [6.45, 7) is 7.33. The van der Waals surface area contributed by atoms with Crippen LogP contribution in [0.1, 0.15) is 37.0 Å². The molecular formula is C24H32ClN3O4S. The fourth-order valence-corrected chi connectivity index (χ4v) is 4.47. The molecule has 2 amide bonds. The van der Waals surface area contributed by atoms with E-state index in [1.165, 1.54) is 4.90 Å². The first kappa shape index (κ1) is 26.7. The van der Waals surface area contributed by atoms with Crippen LogP contribution < -0.4 is 9.62 Å². The number of carbonyl (C=O) groups excluding carboxylic acids is 2. The van der Waals surface area contributed by atoms with Crippen molar-refractivity contribution in [2.45, 2.75) is 46.7 Å². The van der Waals surface area contributed by atoms with Gasteiger partial charge in [-0.1, -0.05) is 48.9 Å². The molecule has 0 aromatic heterocycles. The molecule has 0 saturated carbocycles. The highest BCUT2D eigenvalue weighted by Crippen LogP contribution is 2.25. The van der Waals surface area contributed by atoms with Gasteiger partial charge >= 0.3 is 0 Å². The summed E-state index contributed by atoms with van der Waals surface area (Å²) in [7, 11) is -3.77. The molecule has 33 heavy (non-hydrogen) atoms. The molecule has 2 aromatic rings. The van der Waals surface area contributed by atoms with E-state index in [4.69, 9.17) is 11.6 Å². The molecule has 0 bridgehead atoms. The van der Waals surface area contributed by atoms with Gasteiger partial charge in [-0.3, -0.25) is 13.9 Å². The van der Waals surface area contributed by atoms with Crippen LogP contribution in [-0.4, -0.2) is 50.5 Å². The molecule has 1 unspecified atom stereocenters. The Morgan fingerprint density at radius 2 is 1.79 bits per heavy atom. The molecule has 0 aliphatic carbocycles. The van der Waals surface area contributed by atoms with Crippen LogP contribution in [0.4, 0.5) is 5.69 Å². The third-order valence-corrected chi connectivity index (χ3v) is 6.82. The van der Waals surface area contributed by atoms with Crippen molar-refractivity contribution in [3.8, 4) is 0 Å². The van der Waals surface area contributed by atoms with E-state index in [2.05, 4.69) is 5.32 Å². The maximum Gasteiger partial charge on any atom is 0.244 e. The lowest BCUT2D eigenvalue weighted by atomic mass is 10.1. The number of aryl methyl sites for hydroxylation is 2. The molecule has 1 N–H and O–H groups in total. The van der Waals surface area contributed by atoms with Crippen LogP contribution in [-0.2, 0) is 26.2 Å². The van der Waals surface area contributed by atoms with Crippen molar-refractivity contribution < 1.29 is 18.0 Å². The highest BCUT2D eigenvalue weighted by molar-refractivity contribution is 7.92. The summed E-state index contributed by atoms with van der Waals surface area (Å²) in [6, 6.07) is 11.7. The summed E-state index contributed by atoms with van der Waals surface area (Å²) < 4.78 is 26.4. The molecule has 0 aliphatic rings. The predicted octanol–water partition coefficient (Wildman–Crippen LogP) is 3.67. The van der Waals surface area contributed by atoms with Gasteiger partial charge in [0.15, 0.2) is 0 Å². The number of sulfonamides is 1. The number of hydrogen-bond donors (Lipinski definition) is 1. The fraction of sp³-hybridized carbons (Fsp3) is 0.417. The van der Waals surface area contributed by atoms with E-state index in [9.17, 15) is 18.0 Å². The molecule has 0 aliphatic heterocycles. The second kappa shape index (κ2) is 11.5. The summed E-state index contributed by atoms with van der Waals surface area (Å²) in [4.78, 5) is 27.6. The standard InChI is InChI=1S/C24H32ClN3O4S/c1-6-13-26-24(30)19(4)27(15-20-9-7-8-10-21(20)25)23(29)16-28(33(5,31)32)22-14-17(2)11-12-18(22)3/h7-12,14,19H,6,13,15-16H2,1-5H3,(H,26,30). The van der Waals surface area contributed by atoms with E-state index in [1.54, 1.807) is 44.2 Å². The molecule has 180 valence electrons. The van der Waals surface area contributed by atoms with Gasteiger partial charge in [-0.25, -0.2) is 8.42 Å². The SMILES string of the molecule is CCCNC(=O)C(C)N(Cc1ccccc1Cl)C(=O)CN(c1cc(C)ccc1C)S(C)(=O)=O. The number of benzene rings is 2. The number of anilines is 1. The average molecular weight is 494 g/mol. The molecular weight excluding hydrogens is 462 g/mol. The Hall–Kier alpha value is -2.58. The number of rotatable bonds is 10. The molecule has 2 rings (SSSR count). The van der Waals surface area contributed by atoms with Crippen molar-refractivity contribution in [3.63, 3.8) is 0 Å². The molecule has 9 heteroatoms. The van der Waals surface area contributed by atoms with E-state index in [0.29, 0.717) is 22.8 Å². The average Bonchev–Trinajstić information content (AvgIpc) is 2.75. The Kier molecular flexibility index (Phi) is 9.31. The van der Waals surface area contributed by atoms with E-state index < -0.39 is 28.5 Å². The number of carbonyl (C=O) groups is 2. The molecule has 0 heterocycles. The van der Waals surface area contributed by atoms with Crippen LogP contribution in [0.25, 0.3) is 0 Å². The van der Waals surface area contributed by atoms with E-state index in [-0.39, 0.29) is 12.5 Å². The minimum absolute atomic E-state index is 0.0730. The van der Waals surface area contributed by atoms with Gasteiger partial charge < -0.3 is 10.2 Å². The van der Waals surface area contributed by atoms with Crippen LogP contribution in [0.2, 0.25) is 5.02 Å². The predicted molar refractivity (Wildman–Crippen MR) is 133 cm³/mol. The Morgan fingerprint density at radius 1 is 1.12 bits per heavy atom. The van der Waals surface area contributed by atoms with Crippen molar-refractivity contribution in [2.75, 3.05) is 23.7 Å². The summed E-state index contributed by atoms with van der Waals surface area (Å²) >= 11 is 6.31. The van der Waals surface area contributed by atoms with Gasteiger partial charge in [0.05, 0.1) is 11.9 Å². The number of halogens is 1. The van der Waals surface area contributed by atoms with Crippen molar-refractivity contribution in [2.24, 2.45) is 0 Å². The zero-order chi connectivity index (χ0) is 24.8. The lowest BCUT2D eigenvalue weighted by molar-refractivity contribution is -0.139. The molecule has 1 atom stereocenters. The van der Waals surface area contributed by atoms with Crippen LogP contribution in [0.15, 0.2) is 42.5 Å². The minimum Gasteiger partial charge on any atom is -0.354 e. The number of amides is 2. The van der Waals surface area contributed by atoms with Crippen LogP contribution in [0, 0.1) is 13.8 Å². The fourth-order valence-electron chi connectivity index (χ4n) is 3.37. The van der Waals surface area contributed by atoms with Crippen molar-refractivity contribution in [1.29, 1.82) is 0 Å². The first-order valence-electron chi connectivity index (χ1n) is 10.8. The lowest BCUT2D eigenvalue weighted by Gasteiger charge is -2.32. The quantitative estimate of drug-likeness (QED) is 0.547. The second-order valence-electron chi connectivity index (χ2n) is 8.14. The molecule has 2 aromatic carbocycles. The minimum atomic E-state index is -3.77. The molecule has 0 spiro atoms. The topological polar surface area (TPSA) is 86.8 Å². The Labute approximate surface area is 201 Å². The zero-order valence-corrected chi connectivity index (χ0v) is 21.3. The van der Waals surface area contributed by atoms with E-state index in [1.807, 2.05) is 26.0 Å². The van der Waals surface area contributed by atoms with Gasteiger partial charge in [0, 0.05) is 18.1 Å². The first-order valence-corrected chi connectivity index (χ1v) is 13.0. The van der Waals surface area contributed by atoms with Crippen molar-refractivity contribution >= 4 is 39.1 Å². The highest BCUT2D eigenvalue weighted by atomic mass is 35.5. The Balaban J connectivity index is 2.43. The summed E-state index contributed by atoms with van der Waals surface area (Å²) in [6.07, 6.45) is 1.82. The van der Waals surface area contributed by atoms with Crippen molar-refractivity contribution in [1.82, 2.24) is 10.2 Å². The molecule has 0 saturated heterocycles. The summed E-state index contributed by atoms with van der Waals surface area (Å²) in [5.41, 5.74) is 2.70. The van der Waals surface area contributed by atoms with E-state index >= 15 is 0 Å². The first-order chi connectivity index (χ1) is 15.5. The second-order valence-corrected chi connectivity index (χ2v) is 10.5. The third kappa shape index (κ3) is 7.20. The number of hydrogen-bond acceptors (Lipinski definition) is 4. The van der Waals surface area contributed by atoms with Crippen LogP contribution in [0.5, 0.6) is 0 Å². The maximum absolute atomic E-state index is 13.5. The van der Waals surface area contributed by atoms with E-state index in [0.717, 1.165) is 28.1 Å². The third-order valence-electron chi connectivity index (χ3n) is 5.33. The smallest absolute Gasteiger partial charge is 0.244 e. The monoisotopic (exact) mass is 493 g/mol. The van der Waals surface area contributed by atoms with Crippen molar-refractivity contribution in [3.05, 3.63) is 64.2 Å². The Morgan fingerprint density at radius 3 is 2.39 bits per heavy atom.